The molecule has 3 N–H and O–H groups in total. The molecule has 0 bridgehead atoms. The Hall–Kier alpha value is -3.56. The summed E-state index contributed by atoms with van der Waals surface area (Å²) < 4.78 is 7.80. The van der Waals surface area contributed by atoms with Crippen LogP contribution in [0.1, 0.15) is 11.3 Å². The summed E-state index contributed by atoms with van der Waals surface area (Å²) in [5.74, 6) is 0.553. The molecule has 0 atom stereocenters. The van der Waals surface area contributed by atoms with Gasteiger partial charge in [0.05, 0.1) is 41.6 Å². The lowest BCUT2D eigenvalue weighted by Gasteiger charge is -2.18. The highest BCUT2D eigenvalue weighted by Gasteiger charge is 2.31. The molecule has 2 aromatic heterocycles. The van der Waals surface area contributed by atoms with E-state index in [-0.39, 0.29) is 12.0 Å². The summed E-state index contributed by atoms with van der Waals surface area (Å²) in [4.78, 5) is 23.1. The number of benzene rings is 1. The third-order valence-corrected chi connectivity index (χ3v) is 5.80. The first-order chi connectivity index (χ1) is 16.0. The molecule has 168 valence electrons. The molecule has 0 radical (unpaired) electrons. The van der Waals surface area contributed by atoms with Gasteiger partial charge >= 0.3 is 6.03 Å². The minimum atomic E-state index is -0.231. The van der Waals surface area contributed by atoms with Gasteiger partial charge in [0.1, 0.15) is 12.4 Å². The van der Waals surface area contributed by atoms with Crippen LogP contribution in [0.5, 0.6) is 5.75 Å². The van der Waals surface area contributed by atoms with Crippen molar-refractivity contribution >= 4 is 35.2 Å². The molecule has 0 unspecified atom stereocenters. The van der Waals surface area contributed by atoms with Gasteiger partial charge in [0.2, 0.25) is 5.95 Å². The number of allylic oxidation sites excluding steroid dienone is 3. The minimum absolute atomic E-state index is 0.0872. The van der Waals surface area contributed by atoms with Crippen molar-refractivity contribution in [3.63, 3.8) is 0 Å². The summed E-state index contributed by atoms with van der Waals surface area (Å²) in [6.07, 6.45) is 9.06. The standard InChI is InChI=1S/C22H19Cl2N7O2/c23-13-9-16(24)19(18(10-13)33-8-7-31-6-2-5-26-31)20-15-11-30(12-17(15)28-21(25)29-20)22(32)27-14-3-1-4-14/h1-6,9-10H,7-8,11-12H2,(H,27,32)(H2,25,28,29). The van der Waals surface area contributed by atoms with E-state index in [1.165, 1.54) is 0 Å². The maximum atomic E-state index is 12.7. The first kappa shape index (κ1) is 21.3. The molecular weight excluding hydrogens is 465 g/mol. The minimum Gasteiger partial charge on any atom is -0.491 e. The van der Waals surface area contributed by atoms with Gasteiger partial charge in [-0.2, -0.15) is 5.10 Å². The van der Waals surface area contributed by atoms with Gasteiger partial charge in [-0.15, -0.1) is 0 Å². The van der Waals surface area contributed by atoms with Gasteiger partial charge in [-0.25, -0.2) is 14.8 Å². The molecule has 0 spiro atoms. The van der Waals surface area contributed by atoms with E-state index in [1.54, 1.807) is 27.9 Å². The fourth-order valence-corrected chi connectivity index (χ4v) is 4.24. The largest absolute Gasteiger partial charge is 0.491 e. The molecule has 1 aliphatic heterocycles. The van der Waals surface area contributed by atoms with Crippen LogP contribution in [0.3, 0.4) is 0 Å². The second-order valence-corrected chi connectivity index (χ2v) is 8.34. The number of urea groups is 1. The highest BCUT2D eigenvalue weighted by molar-refractivity contribution is 6.37. The molecule has 5 rings (SSSR count). The molecular formula is C22H19Cl2N7O2. The number of halogens is 2. The predicted octanol–water partition coefficient (Wildman–Crippen LogP) is 3.79. The van der Waals surface area contributed by atoms with Crippen LogP contribution in [0.25, 0.3) is 11.3 Å². The van der Waals surface area contributed by atoms with E-state index in [0.717, 1.165) is 11.3 Å². The number of carbonyl (C=O) groups is 1. The average molecular weight is 484 g/mol. The van der Waals surface area contributed by atoms with Crippen LogP contribution in [0, 0.1) is 0 Å². The van der Waals surface area contributed by atoms with Crippen LogP contribution in [0.15, 0.2) is 54.5 Å². The fourth-order valence-electron chi connectivity index (χ4n) is 3.68. The maximum absolute atomic E-state index is 12.7. The van der Waals surface area contributed by atoms with Crippen molar-refractivity contribution in [1.82, 2.24) is 30.0 Å². The van der Waals surface area contributed by atoms with E-state index in [1.807, 2.05) is 30.5 Å². The third kappa shape index (κ3) is 4.37. The van der Waals surface area contributed by atoms with Gasteiger partial charge in [-0.05, 0) is 30.4 Å². The molecule has 0 saturated heterocycles. The fraction of sp³-hybridized carbons (Fsp3) is 0.182. The van der Waals surface area contributed by atoms with E-state index in [0.29, 0.717) is 59.0 Å². The van der Waals surface area contributed by atoms with E-state index < -0.39 is 0 Å². The number of carbonyl (C=O) groups excluding carboxylic acids is 1. The molecule has 3 heterocycles. The summed E-state index contributed by atoms with van der Waals surface area (Å²) in [6.45, 7) is 1.49. The Morgan fingerprint density at radius 3 is 2.82 bits per heavy atom. The lowest BCUT2D eigenvalue weighted by molar-refractivity contribution is 0.201. The highest BCUT2D eigenvalue weighted by atomic mass is 35.5. The number of nitrogens with two attached hydrogens (primary N) is 1. The van der Waals surface area contributed by atoms with Gasteiger partial charge in [-0.1, -0.05) is 29.3 Å². The number of nitrogens with one attached hydrogen (secondary N) is 1. The van der Waals surface area contributed by atoms with Gasteiger partial charge in [-0.3, -0.25) is 4.68 Å². The van der Waals surface area contributed by atoms with Crippen LogP contribution in [-0.4, -0.2) is 37.3 Å². The lowest BCUT2D eigenvalue weighted by atomic mass is 10.0. The summed E-state index contributed by atoms with van der Waals surface area (Å²) in [6, 6.07) is 4.92. The summed E-state index contributed by atoms with van der Waals surface area (Å²) in [5.41, 5.74) is 9.28. The van der Waals surface area contributed by atoms with Crippen LogP contribution in [-0.2, 0) is 19.6 Å². The van der Waals surface area contributed by atoms with Gasteiger partial charge in [0, 0.05) is 28.7 Å². The van der Waals surface area contributed by atoms with E-state index in [4.69, 9.17) is 33.7 Å². The average Bonchev–Trinajstić information content (AvgIpc) is 3.39. The first-order valence-corrected chi connectivity index (χ1v) is 10.9. The number of nitrogen functional groups attached to an aromatic ring is 1. The Morgan fingerprint density at radius 1 is 1.24 bits per heavy atom. The topological polar surface area (TPSA) is 111 Å². The number of anilines is 1. The number of amides is 2. The second-order valence-electron chi connectivity index (χ2n) is 7.50. The van der Waals surface area contributed by atoms with Crippen molar-refractivity contribution < 1.29 is 9.53 Å². The summed E-state index contributed by atoms with van der Waals surface area (Å²) >= 11 is 12.9. The molecule has 3 aromatic rings. The van der Waals surface area contributed by atoms with Crippen LogP contribution in [0.4, 0.5) is 10.7 Å². The van der Waals surface area contributed by atoms with Crippen molar-refractivity contribution in [3.05, 3.63) is 75.8 Å². The van der Waals surface area contributed by atoms with Gasteiger partial charge < -0.3 is 20.7 Å². The zero-order chi connectivity index (χ0) is 22.9. The molecule has 9 nitrogen and oxygen atoms in total. The number of hydrogen-bond donors (Lipinski definition) is 2. The van der Waals surface area contributed by atoms with Gasteiger partial charge in [0.15, 0.2) is 0 Å². The molecule has 1 aromatic carbocycles. The highest BCUT2D eigenvalue weighted by Crippen LogP contribution is 2.42. The quantitative estimate of drug-likeness (QED) is 0.551. The smallest absolute Gasteiger partial charge is 0.322 e. The zero-order valence-corrected chi connectivity index (χ0v) is 18.8. The van der Waals surface area contributed by atoms with Crippen molar-refractivity contribution in [1.29, 1.82) is 0 Å². The number of ether oxygens (including phenoxy) is 1. The molecule has 2 amide bonds. The number of nitrogens with zero attached hydrogens (tertiary/aromatic N) is 5. The Balaban J connectivity index is 1.45. The SMILES string of the molecule is Nc1nc2c(c(-c3c(Cl)cc(Cl)cc3OCCn3cccn3)n1)CN(C(=O)NC1=CC=C1)C2. The number of rotatable bonds is 6. The van der Waals surface area contributed by atoms with Gasteiger partial charge in [0.25, 0.3) is 0 Å². The van der Waals surface area contributed by atoms with Crippen molar-refractivity contribution in [2.75, 3.05) is 12.3 Å². The first-order valence-electron chi connectivity index (χ1n) is 10.2. The maximum Gasteiger partial charge on any atom is 0.322 e. The number of hydrogen-bond acceptors (Lipinski definition) is 6. The monoisotopic (exact) mass is 483 g/mol. The predicted molar refractivity (Wildman–Crippen MR) is 125 cm³/mol. The molecule has 2 aliphatic rings. The zero-order valence-electron chi connectivity index (χ0n) is 17.3. The van der Waals surface area contributed by atoms with Crippen LogP contribution < -0.4 is 15.8 Å². The van der Waals surface area contributed by atoms with E-state index >= 15 is 0 Å². The summed E-state index contributed by atoms with van der Waals surface area (Å²) in [5, 5.41) is 7.81. The van der Waals surface area contributed by atoms with Crippen molar-refractivity contribution in [2.24, 2.45) is 0 Å². The van der Waals surface area contributed by atoms with Crippen molar-refractivity contribution in [2.45, 2.75) is 19.6 Å². The van der Waals surface area contributed by atoms with Crippen LogP contribution in [0.2, 0.25) is 10.0 Å². The van der Waals surface area contributed by atoms with E-state index in [9.17, 15) is 4.79 Å². The number of aromatic nitrogens is 4. The Labute approximate surface area is 199 Å². The second kappa shape index (κ2) is 8.76. The molecule has 0 saturated carbocycles. The van der Waals surface area contributed by atoms with Crippen molar-refractivity contribution in [3.8, 4) is 17.0 Å². The third-order valence-electron chi connectivity index (χ3n) is 5.28. The molecule has 11 heteroatoms. The van der Waals surface area contributed by atoms with Crippen LogP contribution >= 0.6 is 23.2 Å². The summed E-state index contributed by atoms with van der Waals surface area (Å²) in [7, 11) is 0. The molecule has 0 fully saturated rings. The molecule has 33 heavy (non-hydrogen) atoms. The lowest BCUT2D eigenvalue weighted by Crippen LogP contribution is -2.36. The Bertz CT molecular complexity index is 1290. The Kier molecular flexibility index (Phi) is 5.65. The number of fused-ring (bicyclic) bond motifs is 1. The van der Waals surface area contributed by atoms with E-state index in [2.05, 4.69) is 20.4 Å². The Morgan fingerprint density at radius 2 is 2.09 bits per heavy atom. The molecule has 1 aliphatic carbocycles. The normalized spacial score (nSPS) is 14.0.